The molecule has 2 N–H and O–H groups in total. The lowest BCUT2D eigenvalue weighted by atomic mass is 10.0. The Morgan fingerprint density at radius 1 is 1.26 bits per heavy atom. The summed E-state index contributed by atoms with van der Waals surface area (Å²) in [7, 11) is 0. The molecule has 0 aliphatic carbocycles. The van der Waals surface area contributed by atoms with Crippen LogP contribution in [-0.2, 0) is 0 Å². The van der Waals surface area contributed by atoms with Gasteiger partial charge in [-0.2, -0.15) is 0 Å². The molecule has 0 saturated carbocycles. The Morgan fingerprint density at radius 2 is 2.04 bits per heavy atom. The fraction of sp³-hybridized carbons (Fsp3) is 0.438. The third-order valence-electron chi connectivity index (χ3n) is 3.87. The van der Waals surface area contributed by atoms with E-state index in [-0.39, 0.29) is 6.03 Å². The van der Waals surface area contributed by atoms with Crippen LogP contribution in [0.5, 0.6) is 0 Å². The molecule has 1 aromatic carbocycles. The molecular weight excluding hydrogens is 310 g/mol. The van der Waals surface area contributed by atoms with Gasteiger partial charge in [0.1, 0.15) is 0 Å². The Kier molecular flexibility index (Phi) is 4.76. The second-order valence-electron chi connectivity index (χ2n) is 6.03. The number of amides is 2. The maximum atomic E-state index is 12.0. The summed E-state index contributed by atoms with van der Waals surface area (Å²) in [6, 6.07) is 7.35. The van der Waals surface area contributed by atoms with Crippen molar-refractivity contribution >= 4 is 33.3 Å². The molecule has 1 aliphatic heterocycles. The van der Waals surface area contributed by atoms with Gasteiger partial charge in [-0.25, -0.2) is 4.79 Å². The van der Waals surface area contributed by atoms with E-state index in [1.165, 1.54) is 24.2 Å². The predicted octanol–water partition coefficient (Wildman–Crippen LogP) is 3.73. The number of nitrogens with zero attached hydrogens (tertiary/aromatic N) is 3. The van der Waals surface area contributed by atoms with Gasteiger partial charge < -0.3 is 10.2 Å². The zero-order valence-corrected chi connectivity index (χ0v) is 14.2. The van der Waals surface area contributed by atoms with Gasteiger partial charge in [0.05, 0.1) is 0 Å². The predicted molar refractivity (Wildman–Crippen MR) is 94.3 cm³/mol. The van der Waals surface area contributed by atoms with Crippen molar-refractivity contribution in [2.75, 3.05) is 28.6 Å². The number of benzene rings is 1. The number of urea groups is 1. The van der Waals surface area contributed by atoms with Crippen LogP contribution in [0.15, 0.2) is 24.3 Å². The first-order valence-corrected chi connectivity index (χ1v) is 8.65. The monoisotopic (exact) mass is 331 g/mol. The van der Waals surface area contributed by atoms with Crippen molar-refractivity contribution in [3.05, 3.63) is 29.8 Å². The largest absolute Gasteiger partial charge is 0.346 e. The summed E-state index contributed by atoms with van der Waals surface area (Å²) in [6.07, 6.45) is 2.44. The fourth-order valence-corrected chi connectivity index (χ4v) is 3.43. The van der Waals surface area contributed by atoms with Crippen molar-refractivity contribution in [1.82, 2.24) is 10.2 Å². The highest BCUT2D eigenvalue weighted by atomic mass is 32.1. The molecule has 1 aromatic heterocycles. The van der Waals surface area contributed by atoms with Gasteiger partial charge in [-0.3, -0.25) is 5.32 Å². The van der Waals surface area contributed by atoms with Crippen LogP contribution in [0.1, 0.15) is 25.3 Å². The summed E-state index contributed by atoms with van der Waals surface area (Å²) in [5.74, 6) is 0.675. The molecule has 1 aliphatic rings. The number of nitrogens with one attached hydrogen (secondary N) is 2. The maximum absolute atomic E-state index is 12.0. The van der Waals surface area contributed by atoms with Crippen LogP contribution in [0.4, 0.5) is 20.7 Å². The number of aromatic nitrogens is 2. The average molecular weight is 331 g/mol. The highest BCUT2D eigenvalue weighted by Crippen LogP contribution is 2.28. The number of carbonyl (C=O) groups excluding carboxylic acids is 1. The molecule has 7 heteroatoms. The number of hydrogen-bond donors (Lipinski definition) is 2. The third kappa shape index (κ3) is 4.19. The topological polar surface area (TPSA) is 70.1 Å². The van der Waals surface area contributed by atoms with Gasteiger partial charge in [0.2, 0.25) is 10.3 Å². The first-order chi connectivity index (χ1) is 11.1. The van der Waals surface area contributed by atoms with Gasteiger partial charge in [-0.15, -0.1) is 10.2 Å². The summed E-state index contributed by atoms with van der Waals surface area (Å²) in [4.78, 5) is 14.3. The Balaban J connectivity index is 1.57. The molecule has 3 rings (SSSR count). The molecule has 2 amide bonds. The first-order valence-electron chi connectivity index (χ1n) is 7.83. The lowest BCUT2D eigenvalue weighted by molar-refractivity contribution is 0.262. The minimum atomic E-state index is -0.302. The Labute approximate surface area is 139 Å². The third-order valence-corrected chi connectivity index (χ3v) is 4.77. The molecule has 2 aromatic rings. The number of anilines is 3. The van der Waals surface area contributed by atoms with E-state index in [9.17, 15) is 4.79 Å². The van der Waals surface area contributed by atoms with Crippen LogP contribution in [0.25, 0.3) is 0 Å². The summed E-state index contributed by atoms with van der Waals surface area (Å²) in [5.41, 5.74) is 1.91. The number of carbonyl (C=O) groups is 1. The molecule has 1 atom stereocenters. The minimum absolute atomic E-state index is 0.302. The highest BCUT2D eigenvalue weighted by molar-refractivity contribution is 7.19. The molecule has 0 unspecified atom stereocenters. The van der Waals surface area contributed by atoms with Crippen molar-refractivity contribution in [1.29, 1.82) is 0 Å². The van der Waals surface area contributed by atoms with Crippen LogP contribution in [0.2, 0.25) is 0 Å². The van der Waals surface area contributed by atoms with E-state index in [4.69, 9.17) is 0 Å². The molecule has 1 fully saturated rings. The molecule has 0 spiro atoms. The molecule has 6 nitrogen and oxygen atoms in total. The summed E-state index contributed by atoms with van der Waals surface area (Å²) >= 11 is 1.41. The summed E-state index contributed by atoms with van der Waals surface area (Å²) in [6.45, 7) is 6.27. The van der Waals surface area contributed by atoms with E-state index < -0.39 is 0 Å². The first kappa shape index (κ1) is 15.7. The molecule has 23 heavy (non-hydrogen) atoms. The van der Waals surface area contributed by atoms with Crippen LogP contribution < -0.4 is 15.5 Å². The van der Waals surface area contributed by atoms with Crippen LogP contribution >= 0.6 is 11.3 Å². The summed E-state index contributed by atoms with van der Waals surface area (Å²) in [5, 5.41) is 15.2. The van der Waals surface area contributed by atoms with E-state index in [1.54, 1.807) is 0 Å². The second-order valence-corrected chi connectivity index (χ2v) is 6.98. The normalized spacial score (nSPS) is 17.8. The van der Waals surface area contributed by atoms with Gasteiger partial charge in [0.25, 0.3) is 0 Å². The van der Waals surface area contributed by atoms with Crippen molar-refractivity contribution < 1.29 is 4.79 Å². The van der Waals surface area contributed by atoms with Gasteiger partial charge in [-0.05, 0) is 37.8 Å². The van der Waals surface area contributed by atoms with Gasteiger partial charge in [0, 0.05) is 18.8 Å². The van der Waals surface area contributed by atoms with Crippen molar-refractivity contribution in [2.24, 2.45) is 5.92 Å². The number of piperidine rings is 1. The standard InChI is InChI=1S/C16H21N5OS/c1-11-5-7-13(8-6-11)17-14(22)18-15-19-20-16(23-15)21-9-3-4-12(2)10-21/h5-8,12H,3-4,9-10H2,1-2H3,(H2,17,18,19,22)/t12-/m1/s1. The van der Waals surface area contributed by atoms with E-state index in [0.29, 0.717) is 11.0 Å². The lowest BCUT2D eigenvalue weighted by Crippen LogP contribution is -2.34. The number of rotatable bonds is 3. The van der Waals surface area contributed by atoms with Gasteiger partial charge in [-0.1, -0.05) is 36.0 Å². The van der Waals surface area contributed by atoms with Crippen molar-refractivity contribution in [2.45, 2.75) is 26.7 Å². The minimum Gasteiger partial charge on any atom is -0.346 e. The van der Waals surface area contributed by atoms with E-state index >= 15 is 0 Å². The molecule has 1 saturated heterocycles. The zero-order chi connectivity index (χ0) is 16.2. The zero-order valence-electron chi connectivity index (χ0n) is 13.4. The molecule has 0 radical (unpaired) electrons. The number of aryl methyl sites for hydroxylation is 1. The van der Waals surface area contributed by atoms with Crippen molar-refractivity contribution in [3.63, 3.8) is 0 Å². The smallest absolute Gasteiger partial charge is 0.325 e. The Bertz CT molecular complexity index is 669. The molecule has 0 bridgehead atoms. The molecule has 2 heterocycles. The maximum Gasteiger partial charge on any atom is 0.325 e. The molecular formula is C16H21N5OS. The fourth-order valence-electron chi connectivity index (χ4n) is 2.65. The quantitative estimate of drug-likeness (QED) is 0.899. The van der Waals surface area contributed by atoms with E-state index in [1.807, 2.05) is 31.2 Å². The highest BCUT2D eigenvalue weighted by Gasteiger charge is 2.20. The van der Waals surface area contributed by atoms with Crippen LogP contribution in [-0.4, -0.2) is 29.3 Å². The SMILES string of the molecule is Cc1ccc(NC(=O)Nc2nnc(N3CCC[C@@H](C)C3)s2)cc1. The van der Waals surface area contributed by atoms with E-state index in [2.05, 4.69) is 32.7 Å². The number of hydrogen-bond acceptors (Lipinski definition) is 5. The van der Waals surface area contributed by atoms with Crippen LogP contribution in [0, 0.1) is 12.8 Å². The van der Waals surface area contributed by atoms with E-state index in [0.717, 1.165) is 29.5 Å². The van der Waals surface area contributed by atoms with Crippen molar-refractivity contribution in [3.8, 4) is 0 Å². The summed E-state index contributed by atoms with van der Waals surface area (Å²) < 4.78 is 0. The Morgan fingerprint density at radius 3 is 2.78 bits per heavy atom. The average Bonchev–Trinajstić information content (AvgIpc) is 2.98. The van der Waals surface area contributed by atoms with Crippen LogP contribution in [0.3, 0.4) is 0 Å². The lowest BCUT2D eigenvalue weighted by Gasteiger charge is -2.29. The van der Waals surface area contributed by atoms with Gasteiger partial charge >= 0.3 is 6.03 Å². The Hall–Kier alpha value is -2.15. The van der Waals surface area contributed by atoms with Gasteiger partial charge in [0.15, 0.2) is 0 Å². The second kappa shape index (κ2) is 6.95. The molecule has 122 valence electrons.